The molecule has 8 rings (SSSR count). The Morgan fingerprint density at radius 1 is 0.732 bits per heavy atom. The van der Waals surface area contributed by atoms with Crippen molar-refractivity contribution in [1.29, 1.82) is 0 Å². The van der Waals surface area contributed by atoms with Gasteiger partial charge in [-0.3, -0.25) is 0 Å². The van der Waals surface area contributed by atoms with Crippen molar-refractivity contribution in [3.05, 3.63) is 221 Å². The molecule has 2 atom stereocenters. The second-order valence-corrected chi connectivity index (χ2v) is 15.9. The van der Waals surface area contributed by atoms with Crippen LogP contribution in [-0.4, -0.2) is 0 Å². The second-order valence-electron chi connectivity index (χ2n) is 15.9. The smallest absolute Gasteiger partial charge is 0.0455 e. The van der Waals surface area contributed by atoms with Gasteiger partial charge in [0.25, 0.3) is 0 Å². The fourth-order valence-electron chi connectivity index (χ4n) is 8.84. The lowest BCUT2D eigenvalue weighted by Crippen LogP contribution is -2.33. The van der Waals surface area contributed by atoms with E-state index in [0.29, 0.717) is 11.8 Å². The molecule has 5 aliphatic rings. The van der Waals surface area contributed by atoms with Crippen LogP contribution in [0.2, 0.25) is 0 Å². The Balaban J connectivity index is 1.23. The zero-order chi connectivity index (χ0) is 38.3. The molecule has 0 radical (unpaired) electrons. The summed E-state index contributed by atoms with van der Waals surface area (Å²) in [7, 11) is 0. The Bertz CT molecular complexity index is 2280. The Labute approximate surface area is 336 Å². The average molecular weight is 730 g/mol. The number of hydrogen-bond acceptors (Lipinski definition) is 1. The summed E-state index contributed by atoms with van der Waals surface area (Å²) < 4.78 is 0. The van der Waals surface area contributed by atoms with Crippen molar-refractivity contribution < 1.29 is 0 Å². The SMILES string of the molecule is CC\C=C(/C=C/C=C\C(C)C)c1ccc(C2=C(c3ccccc3)C=C(N(C3=CC4=C(C=CCC4)C4C=CC=CC34)c3ccc(C4=CCCC=C4)cc3)CC2)cc1. The quantitative estimate of drug-likeness (QED) is 0.178. The zero-order valence-corrected chi connectivity index (χ0v) is 33.4. The predicted molar refractivity (Wildman–Crippen MR) is 242 cm³/mol. The van der Waals surface area contributed by atoms with Gasteiger partial charge in [-0.2, -0.15) is 0 Å². The van der Waals surface area contributed by atoms with Crippen LogP contribution < -0.4 is 4.90 Å². The van der Waals surface area contributed by atoms with Crippen LogP contribution in [0.1, 0.15) is 88.0 Å². The highest BCUT2D eigenvalue weighted by Crippen LogP contribution is 2.48. The van der Waals surface area contributed by atoms with E-state index in [2.05, 4.69) is 202 Å². The van der Waals surface area contributed by atoms with Crippen molar-refractivity contribution in [2.24, 2.45) is 17.8 Å². The number of nitrogens with zero attached hydrogens (tertiary/aromatic N) is 1. The highest BCUT2D eigenvalue weighted by Gasteiger charge is 2.35. The van der Waals surface area contributed by atoms with Gasteiger partial charge in [-0.1, -0.05) is 173 Å². The standard InChI is InChI=1S/C55H55N/c1-4-17-41(21-12-11-18-40(2)3)43-28-30-46(31-29-43)51-37-36-49(39-54(51)45-22-9-6-10-23-45)56(48-34-32-44(33-35-48)42-19-7-5-8-20-42)55-38-47-24-13-14-25-50(47)52-26-15-16-27-53(52)55/h6-7,9-12,14-23,25-35,38-40,52-53H,4-5,8,13,24,36-37H2,1-3H3/b18-11-,21-12+,41-17+. The minimum atomic E-state index is 0.268. The van der Waals surface area contributed by atoms with Gasteiger partial charge < -0.3 is 4.90 Å². The summed E-state index contributed by atoms with van der Waals surface area (Å²) in [5.74, 6) is 1.16. The molecule has 0 aliphatic heterocycles. The van der Waals surface area contributed by atoms with Crippen LogP contribution in [0, 0.1) is 17.8 Å². The van der Waals surface area contributed by atoms with Crippen molar-refractivity contribution in [1.82, 2.24) is 0 Å². The third-order valence-corrected chi connectivity index (χ3v) is 11.6. The maximum Gasteiger partial charge on any atom is 0.0455 e. The van der Waals surface area contributed by atoms with Crippen molar-refractivity contribution in [2.75, 3.05) is 4.90 Å². The topological polar surface area (TPSA) is 3.24 Å². The summed E-state index contributed by atoms with van der Waals surface area (Å²) in [5, 5.41) is 0. The van der Waals surface area contributed by atoms with Crippen molar-refractivity contribution in [3.8, 4) is 0 Å². The van der Waals surface area contributed by atoms with Gasteiger partial charge in [0.05, 0.1) is 0 Å². The van der Waals surface area contributed by atoms with Gasteiger partial charge in [0.2, 0.25) is 0 Å². The Kier molecular flexibility index (Phi) is 11.6. The van der Waals surface area contributed by atoms with E-state index < -0.39 is 0 Å². The third-order valence-electron chi connectivity index (χ3n) is 11.6. The molecule has 0 saturated heterocycles. The largest absolute Gasteiger partial charge is 0.317 e. The molecule has 0 spiro atoms. The lowest BCUT2D eigenvalue weighted by atomic mass is 9.72. The van der Waals surface area contributed by atoms with Crippen LogP contribution in [0.3, 0.4) is 0 Å². The van der Waals surface area contributed by atoms with Gasteiger partial charge in [-0.25, -0.2) is 0 Å². The van der Waals surface area contributed by atoms with Crippen LogP contribution in [0.5, 0.6) is 0 Å². The van der Waals surface area contributed by atoms with Gasteiger partial charge in [-0.05, 0) is 131 Å². The van der Waals surface area contributed by atoms with Gasteiger partial charge >= 0.3 is 0 Å². The summed E-state index contributed by atoms with van der Waals surface area (Å²) in [6, 6.07) is 29.7. The highest BCUT2D eigenvalue weighted by molar-refractivity contribution is 5.98. The van der Waals surface area contributed by atoms with Gasteiger partial charge in [0, 0.05) is 28.9 Å². The lowest BCUT2D eigenvalue weighted by molar-refractivity contribution is 0.572. The van der Waals surface area contributed by atoms with E-state index in [1.54, 1.807) is 0 Å². The Morgan fingerprint density at radius 3 is 2.25 bits per heavy atom. The molecule has 2 unspecified atom stereocenters. The molecule has 3 aromatic rings. The molecule has 1 heteroatoms. The summed E-state index contributed by atoms with van der Waals surface area (Å²) in [4.78, 5) is 2.63. The molecule has 5 aliphatic carbocycles. The van der Waals surface area contributed by atoms with Crippen molar-refractivity contribution >= 4 is 28.0 Å². The van der Waals surface area contributed by atoms with Gasteiger partial charge in [-0.15, -0.1) is 0 Å². The Hall–Kier alpha value is -5.66. The summed E-state index contributed by atoms with van der Waals surface area (Å²) in [6.45, 7) is 6.64. The number of allylic oxidation sites excluding steroid dienone is 23. The van der Waals surface area contributed by atoms with E-state index in [0.717, 1.165) is 44.9 Å². The average Bonchev–Trinajstić information content (AvgIpc) is 3.26. The first kappa shape index (κ1) is 37.3. The third kappa shape index (κ3) is 8.14. The minimum Gasteiger partial charge on any atom is -0.317 e. The fraction of sp³-hybridized carbons (Fsp3) is 0.236. The van der Waals surface area contributed by atoms with E-state index in [1.165, 1.54) is 72.8 Å². The molecule has 0 N–H and O–H groups in total. The summed E-state index contributed by atoms with van der Waals surface area (Å²) in [6.07, 6.45) is 44.6. The molecule has 3 aromatic carbocycles. The first-order chi connectivity index (χ1) is 27.6. The maximum atomic E-state index is 2.63. The molecular weight excluding hydrogens is 675 g/mol. The molecule has 280 valence electrons. The molecule has 1 nitrogen and oxygen atoms in total. The van der Waals surface area contributed by atoms with Crippen LogP contribution in [0.15, 0.2) is 199 Å². The summed E-state index contributed by atoms with van der Waals surface area (Å²) >= 11 is 0. The van der Waals surface area contributed by atoms with Crippen LogP contribution in [-0.2, 0) is 0 Å². The number of benzene rings is 3. The molecule has 0 amide bonds. The highest BCUT2D eigenvalue weighted by atomic mass is 15.2. The molecule has 0 bridgehead atoms. The molecule has 0 fully saturated rings. The fourth-order valence-corrected chi connectivity index (χ4v) is 8.84. The van der Waals surface area contributed by atoms with Gasteiger partial charge in [0.1, 0.15) is 0 Å². The van der Waals surface area contributed by atoms with Gasteiger partial charge in [0.15, 0.2) is 0 Å². The minimum absolute atomic E-state index is 0.268. The first-order valence-electron chi connectivity index (χ1n) is 21.0. The van der Waals surface area contributed by atoms with E-state index in [9.17, 15) is 0 Å². The second kappa shape index (κ2) is 17.4. The normalized spacial score (nSPS) is 20.8. The maximum absolute atomic E-state index is 2.63. The number of hydrogen-bond donors (Lipinski definition) is 0. The zero-order valence-electron chi connectivity index (χ0n) is 33.4. The van der Waals surface area contributed by atoms with E-state index in [1.807, 2.05) is 0 Å². The van der Waals surface area contributed by atoms with E-state index >= 15 is 0 Å². The van der Waals surface area contributed by atoms with Crippen LogP contribution in [0.25, 0.3) is 22.3 Å². The van der Waals surface area contributed by atoms with Crippen molar-refractivity contribution in [2.45, 2.75) is 65.7 Å². The monoisotopic (exact) mass is 729 g/mol. The predicted octanol–water partition coefficient (Wildman–Crippen LogP) is 15.0. The lowest BCUT2D eigenvalue weighted by Gasteiger charge is -2.42. The molecule has 0 saturated carbocycles. The van der Waals surface area contributed by atoms with E-state index in [4.69, 9.17) is 0 Å². The Morgan fingerprint density at radius 2 is 1.50 bits per heavy atom. The van der Waals surface area contributed by atoms with Crippen LogP contribution >= 0.6 is 0 Å². The molecule has 0 aromatic heterocycles. The number of anilines is 1. The number of rotatable bonds is 11. The van der Waals surface area contributed by atoms with E-state index in [-0.39, 0.29) is 5.92 Å². The summed E-state index contributed by atoms with van der Waals surface area (Å²) in [5.41, 5.74) is 17.4. The van der Waals surface area contributed by atoms with Crippen LogP contribution in [0.4, 0.5) is 5.69 Å². The van der Waals surface area contributed by atoms with Crippen molar-refractivity contribution in [3.63, 3.8) is 0 Å². The first-order valence-corrected chi connectivity index (χ1v) is 21.0. The number of fused-ring (bicyclic) bond motifs is 2. The molecular formula is C55H55N. The molecule has 56 heavy (non-hydrogen) atoms. The molecule has 0 heterocycles.